The average Bonchev–Trinajstić information content (AvgIpc) is 3.29. The summed E-state index contributed by atoms with van der Waals surface area (Å²) in [5.74, 6) is 0.461. The van der Waals surface area contributed by atoms with Crippen LogP contribution in [-0.2, 0) is 17.6 Å². The average molecular weight is 437 g/mol. The molecule has 32 heavy (non-hydrogen) atoms. The number of hydrogen-bond acceptors (Lipinski definition) is 6. The van der Waals surface area contributed by atoms with Crippen molar-refractivity contribution in [3.63, 3.8) is 0 Å². The summed E-state index contributed by atoms with van der Waals surface area (Å²) in [6.07, 6.45) is 4.81. The number of rotatable bonds is 8. The van der Waals surface area contributed by atoms with E-state index in [9.17, 15) is 9.59 Å². The highest BCUT2D eigenvalue weighted by molar-refractivity contribution is 6.03. The highest BCUT2D eigenvalue weighted by atomic mass is 16.5. The Morgan fingerprint density at radius 2 is 1.97 bits per heavy atom. The third-order valence-corrected chi connectivity index (χ3v) is 5.82. The number of anilines is 2. The van der Waals surface area contributed by atoms with Crippen molar-refractivity contribution in [3.05, 3.63) is 47.2 Å². The molecule has 2 heterocycles. The van der Waals surface area contributed by atoms with Gasteiger partial charge in [0.05, 0.1) is 12.1 Å². The Kier molecular flexibility index (Phi) is 5.98. The summed E-state index contributed by atoms with van der Waals surface area (Å²) in [7, 11) is 0. The van der Waals surface area contributed by atoms with Crippen LogP contribution in [-0.4, -0.2) is 26.8 Å². The SMILES string of the molecule is CC(C)n1nc(-c2ccc(CC(=O)Nc3cc(CC4CCC4)no3)cc2)c(C(N)=O)c1N. The fraction of sp³-hybridized carbons (Fsp3) is 0.391. The zero-order chi connectivity index (χ0) is 22.8. The molecule has 168 valence electrons. The van der Waals surface area contributed by atoms with E-state index in [4.69, 9.17) is 16.0 Å². The Morgan fingerprint density at radius 1 is 1.25 bits per heavy atom. The number of nitrogens with zero attached hydrogens (tertiary/aromatic N) is 3. The van der Waals surface area contributed by atoms with E-state index < -0.39 is 5.91 Å². The third kappa shape index (κ3) is 4.51. The molecular weight excluding hydrogens is 408 g/mol. The summed E-state index contributed by atoms with van der Waals surface area (Å²) >= 11 is 0. The first-order valence-corrected chi connectivity index (χ1v) is 10.8. The van der Waals surface area contributed by atoms with Gasteiger partial charge in [0.15, 0.2) is 0 Å². The van der Waals surface area contributed by atoms with Crippen LogP contribution in [0.25, 0.3) is 11.3 Å². The van der Waals surface area contributed by atoms with E-state index in [1.807, 2.05) is 26.0 Å². The number of carbonyl (C=O) groups is 2. The van der Waals surface area contributed by atoms with Gasteiger partial charge < -0.3 is 16.0 Å². The van der Waals surface area contributed by atoms with Crippen LogP contribution in [0, 0.1) is 5.92 Å². The van der Waals surface area contributed by atoms with Crippen LogP contribution in [0.5, 0.6) is 0 Å². The Bertz CT molecular complexity index is 1130. The van der Waals surface area contributed by atoms with Gasteiger partial charge in [-0.3, -0.25) is 14.9 Å². The van der Waals surface area contributed by atoms with Gasteiger partial charge in [0.25, 0.3) is 5.91 Å². The summed E-state index contributed by atoms with van der Waals surface area (Å²) in [6.45, 7) is 3.84. The summed E-state index contributed by atoms with van der Waals surface area (Å²) in [5.41, 5.74) is 14.6. The molecule has 1 aliphatic rings. The van der Waals surface area contributed by atoms with Crippen molar-refractivity contribution in [1.29, 1.82) is 0 Å². The first-order chi connectivity index (χ1) is 15.3. The second-order valence-electron chi connectivity index (χ2n) is 8.62. The molecular formula is C23H28N6O3. The van der Waals surface area contributed by atoms with E-state index in [2.05, 4.69) is 15.6 Å². The Labute approximate surface area is 186 Å². The molecule has 1 aliphatic carbocycles. The minimum absolute atomic E-state index is 0.0184. The predicted molar refractivity (Wildman–Crippen MR) is 121 cm³/mol. The maximum Gasteiger partial charge on any atom is 0.254 e. The van der Waals surface area contributed by atoms with Gasteiger partial charge in [-0.15, -0.1) is 0 Å². The van der Waals surface area contributed by atoms with Crippen LogP contribution >= 0.6 is 0 Å². The molecule has 1 saturated carbocycles. The quantitative estimate of drug-likeness (QED) is 0.494. The number of primary amides is 1. The van der Waals surface area contributed by atoms with Gasteiger partial charge in [0.2, 0.25) is 11.8 Å². The smallest absolute Gasteiger partial charge is 0.254 e. The highest BCUT2D eigenvalue weighted by Crippen LogP contribution is 2.30. The molecule has 3 aromatic rings. The molecule has 9 heteroatoms. The van der Waals surface area contributed by atoms with Crippen LogP contribution in [0.4, 0.5) is 11.7 Å². The summed E-state index contributed by atoms with van der Waals surface area (Å²) in [5, 5.41) is 11.3. The van der Waals surface area contributed by atoms with E-state index in [-0.39, 0.29) is 29.8 Å². The molecule has 2 amide bonds. The monoisotopic (exact) mass is 436 g/mol. The van der Waals surface area contributed by atoms with E-state index in [1.165, 1.54) is 19.3 Å². The number of amides is 2. The zero-order valence-electron chi connectivity index (χ0n) is 18.3. The number of benzene rings is 1. The maximum atomic E-state index is 12.4. The van der Waals surface area contributed by atoms with Crippen molar-refractivity contribution < 1.29 is 14.1 Å². The van der Waals surface area contributed by atoms with Crippen molar-refractivity contribution >= 4 is 23.5 Å². The number of carbonyl (C=O) groups excluding carboxylic acids is 2. The van der Waals surface area contributed by atoms with Gasteiger partial charge in [-0.05, 0) is 31.7 Å². The molecule has 2 aromatic heterocycles. The molecule has 0 atom stereocenters. The molecule has 4 rings (SSSR count). The third-order valence-electron chi connectivity index (χ3n) is 5.82. The molecule has 1 fully saturated rings. The Hall–Kier alpha value is -3.62. The second kappa shape index (κ2) is 8.86. The lowest BCUT2D eigenvalue weighted by Gasteiger charge is -2.23. The van der Waals surface area contributed by atoms with Crippen molar-refractivity contribution in [3.8, 4) is 11.3 Å². The minimum Gasteiger partial charge on any atom is -0.383 e. The lowest BCUT2D eigenvalue weighted by molar-refractivity contribution is -0.115. The van der Waals surface area contributed by atoms with Gasteiger partial charge in [-0.1, -0.05) is 48.7 Å². The molecule has 9 nitrogen and oxygen atoms in total. The fourth-order valence-corrected chi connectivity index (χ4v) is 3.89. The fourth-order valence-electron chi connectivity index (χ4n) is 3.89. The van der Waals surface area contributed by atoms with E-state index in [0.717, 1.165) is 17.7 Å². The topological polar surface area (TPSA) is 142 Å². The van der Waals surface area contributed by atoms with Crippen LogP contribution in [0.15, 0.2) is 34.9 Å². The zero-order valence-corrected chi connectivity index (χ0v) is 18.3. The molecule has 0 saturated heterocycles. The van der Waals surface area contributed by atoms with Gasteiger partial charge in [-0.2, -0.15) is 5.10 Å². The van der Waals surface area contributed by atoms with Crippen LogP contribution < -0.4 is 16.8 Å². The van der Waals surface area contributed by atoms with Gasteiger partial charge in [0, 0.05) is 17.7 Å². The number of aromatic nitrogens is 3. The van der Waals surface area contributed by atoms with Crippen molar-refractivity contribution in [2.24, 2.45) is 11.7 Å². The highest BCUT2D eigenvalue weighted by Gasteiger charge is 2.23. The number of nitrogen functional groups attached to an aromatic ring is 1. The molecule has 0 aliphatic heterocycles. The molecule has 1 aromatic carbocycles. The normalized spacial score (nSPS) is 13.8. The molecule has 0 bridgehead atoms. The minimum atomic E-state index is -0.628. The number of hydrogen-bond donors (Lipinski definition) is 3. The first-order valence-electron chi connectivity index (χ1n) is 10.8. The standard InChI is InChI=1S/C23H28N6O3/c1-13(2)29-22(24)20(23(25)31)21(27-29)16-8-6-15(7-9-16)11-18(30)26-19-12-17(28-32-19)10-14-4-3-5-14/h6-9,12-14H,3-5,10-11,24H2,1-2H3,(H2,25,31)(H,26,30). The number of nitrogens with one attached hydrogen (secondary N) is 1. The molecule has 0 radical (unpaired) electrons. The number of nitrogens with two attached hydrogens (primary N) is 2. The predicted octanol–water partition coefficient (Wildman–Crippen LogP) is 3.32. The van der Waals surface area contributed by atoms with Crippen LogP contribution in [0.2, 0.25) is 0 Å². The molecule has 0 spiro atoms. The van der Waals surface area contributed by atoms with Crippen molar-refractivity contribution in [2.45, 2.75) is 52.0 Å². The lowest BCUT2D eigenvalue weighted by atomic mass is 9.82. The van der Waals surface area contributed by atoms with E-state index in [0.29, 0.717) is 23.1 Å². The lowest BCUT2D eigenvalue weighted by Crippen LogP contribution is -2.15. The molecule has 5 N–H and O–H groups in total. The Balaban J connectivity index is 1.42. The van der Waals surface area contributed by atoms with Crippen LogP contribution in [0.1, 0.15) is 60.8 Å². The molecule has 0 unspecified atom stereocenters. The summed E-state index contributed by atoms with van der Waals surface area (Å²) < 4.78 is 6.82. The van der Waals surface area contributed by atoms with Gasteiger partial charge in [0.1, 0.15) is 17.1 Å². The van der Waals surface area contributed by atoms with E-state index >= 15 is 0 Å². The van der Waals surface area contributed by atoms with Crippen LogP contribution in [0.3, 0.4) is 0 Å². The van der Waals surface area contributed by atoms with Crippen molar-refractivity contribution in [1.82, 2.24) is 14.9 Å². The van der Waals surface area contributed by atoms with Crippen molar-refractivity contribution in [2.75, 3.05) is 11.1 Å². The first kappa shape index (κ1) is 21.6. The largest absolute Gasteiger partial charge is 0.383 e. The van der Waals surface area contributed by atoms with Gasteiger partial charge >= 0.3 is 0 Å². The van der Waals surface area contributed by atoms with Gasteiger partial charge in [-0.25, -0.2) is 4.68 Å². The maximum absolute atomic E-state index is 12.4. The summed E-state index contributed by atoms with van der Waals surface area (Å²) in [4.78, 5) is 24.4. The second-order valence-corrected chi connectivity index (χ2v) is 8.62. The Morgan fingerprint density at radius 3 is 2.56 bits per heavy atom. The van der Waals surface area contributed by atoms with E-state index in [1.54, 1.807) is 22.9 Å². The summed E-state index contributed by atoms with van der Waals surface area (Å²) in [6, 6.07) is 8.99.